The van der Waals surface area contributed by atoms with Crippen LogP contribution in [0.2, 0.25) is 0 Å². The minimum atomic E-state index is -0.634. The number of aromatic nitrogens is 3. The largest absolute Gasteiger partial charge is 0.387 e. The average molecular weight is 288 g/mol. The summed E-state index contributed by atoms with van der Waals surface area (Å²) in [5.41, 5.74) is 1.35. The molecule has 0 radical (unpaired) electrons. The Bertz CT molecular complexity index is 582. The predicted octanol–water partition coefficient (Wildman–Crippen LogP) is 1.77. The van der Waals surface area contributed by atoms with Crippen molar-refractivity contribution in [1.29, 1.82) is 0 Å². The quantitative estimate of drug-likeness (QED) is 0.879. The molecule has 0 bridgehead atoms. The van der Waals surface area contributed by atoms with Crippen LogP contribution in [0.15, 0.2) is 36.5 Å². The summed E-state index contributed by atoms with van der Waals surface area (Å²) in [6, 6.07) is 9.51. The summed E-state index contributed by atoms with van der Waals surface area (Å²) in [5, 5.41) is 17.5. The highest BCUT2D eigenvalue weighted by molar-refractivity contribution is 5.93. The van der Waals surface area contributed by atoms with Gasteiger partial charge in [-0.1, -0.05) is 30.3 Å². The van der Waals surface area contributed by atoms with E-state index in [-0.39, 0.29) is 12.5 Å². The first-order valence-electron chi connectivity index (χ1n) is 7.09. The van der Waals surface area contributed by atoms with E-state index in [0.29, 0.717) is 18.7 Å². The van der Waals surface area contributed by atoms with E-state index in [2.05, 4.69) is 10.3 Å². The lowest BCUT2D eigenvalue weighted by Crippen LogP contribution is -2.33. The number of aliphatic hydroxyl groups is 1. The van der Waals surface area contributed by atoms with Crippen LogP contribution in [0, 0.1) is 0 Å². The Morgan fingerprint density at radius 2 is 2.05 bits per heavy atom. The van der Waals surface area contributed by atoms with Gasteiger partial charge in [0.05, 0.1) is 12.3 Å². The van der Waals surface area contributed by atoms with Gasteiger partial charge in [0.1, 0.15) is 12.2 Å². The van der Waals surface area contributed by atoms with Gasteiger partial charge < -0.3 is 10.0 Å². The molecule has 6 heteroatoms. The molecule has 0 saturated heterocycles. The number of likely N-dealkylation sites (N-methyl/N-ethyl adjacent to an activating group) is 1. The van der Waals surface area contributed by atoms with Gasteiger partial charge in [0.15, 0.2) is 0 Å². The van der Waals surface area contributed by atoms with Crippen molar-refractivity contribution in [3.63, 3.8) is 0 Å². The average Bonchev–Trinajstić information content (AvgIpc) is 2.96. The lowest BCUT2D eigenvalue weighted by molar-refractivity contribution is -0.119. The fourth-order valence-corrected chi connectivity index (χ4v) is 2.09. The molecule has 6 nitrogen and oxygen atoms in total. The molecule has 0 aliphatic rings. The van der Waals surface area contributed by atoms with E-state index in [1.165, 1.54) is 4.68 Å². The maximum Gasteiger partial charge on any atom is 0.248 e. The highest BCUT2D eigenvalue weighted by Gasteiger charge is 2.16. The maximum absolute atomic E-state index is 12.4. The number of carbonyl (C=O) groups is 1. The van der Waals surface area contributed by atoms with E-state index in [9.17, 15) is 9.90 Å². The Balaban J connectivity index is 2.08. The number of anilines is 1. The number of hydrogen-bond acceptors (Lipinski definition) is 4. The van der Waals surface area contributed by atoms with Crippen molar-refractivity contribution >= 4 is 11.6 Å². The van der Waals surface area contributed by atoms with Crippen LogP contribution in [0.4, 0.5) is 5.69 Å². The van der Waals surface area contributed by atoms with Gasteiger partial charge in [0, 0.05) is 12.2 Å². The molecule has 112 valence electrons. The van der Waals surface area contributed by atoms with Gasteiger partial charge >= 0.3 is 0 Å². The Morgan fingerprint density at radius 3 is 2.67 bits per heavy atom. The number of carbonyl (C=O) groups excluding carboxylic acids is 1. The van der Waals surface area contributed by atoms with Crippen LogP contribution in [-0.2, 0) is 11.3 Å². The van der Waals surface area contributed by atoms with Crippen LogP contribution < -0.4 is 4.90 Å². The summed E-state index contributed by atoms with van der Waals surface area (Å²) in [4.78, 5) is 14.1. The van der Waals surface area contributed by atoms with Crippen LogP contribution in [-0.4, -0.2) is 32.6 Å². The number of nitrogens with zero attached hydrogens (tertiary/aromatic N) is 4. The Kier molecular flexibility index (Phi) is 5.05. The Morgan fingerprint density at radius 1 is 1.33 bits per heavy atom. The van der Waals surface area contributed by atoms with E-state index in [1.807, 2.05) is 44.2 Å². The monoisotopic (exact) mass is 288 g/mol. The summed E-state index contributed by atoms with van der Waals surface area (Å²) in [5.74, 6) is -0.0638. The molecular formula is C15H20N4O2. The van der Waals surface area contributed by atoms with Crippen molar-refractivity contribution < 1.29 is 9.90 Å². The molecule has 0 aliphatic heterocycles. The summed E-state index contributed by atoms with van der Waals surface area (Å²) in [6.07, 6.45) is 1.55. The standard InChI is InChI=1S/C15H20N4O2/c1-3-14(20)13-10-18(17-16-13)11-15(21)19(4-2)12-8-6-5-7-9-12/h5-10,14,20H,3-4,11H2,1-2H3. The highest BCUT2D eigenvalue weighted by Crippen LogP contribution is 2.15. The van der Waals surface area contributed by atoms with Crippen molar-refractivity contribution in [2.45, 2.75) is 32.9 Å². The normalized spacial score (nSPS) is 12.1. The van der Waals surface area contributed by atoms with E-state index in [4.69, 9.17) is 0 Å². The van der Waals surface area contributed by atoms with Crippen molar-refractivity contribution in [1.82, 2.24) is 15.0 Å². The second-order valence-corrected chi connectivity index (χ2v) is 4.74. The fraction of sp³-hybridized carbons (Fsp3) is 0.400. The molecule has 1 aromatic carbocycles. The molecule has 1 atom stereocenters. The highest BCUT2D eigenvalue weighted by atomic mass is 16.3. The van der Waals surface area contributed by atoms with Gasteiger partial charge in [-0.05, 0) is 25.5 Å². The number of para-hydroxylation sites is 1. The first kappa shape index (κ1) is 15.2. The molecule has 1 aromatic heterocycles. The third kappa shape index (κ3) is 3.66. The van der Waals surface area contributed by atoms with Crippen LogP contribution in [0.25, 0.3) is 0 Å². The van der Waals surface area contributed by atoms with Gasteiger partial charge in [-0.3, -0.25) is 4.79 Å². The van der Waals surface area contributed by atoms with Crippen LogP contribution in [0.3, 0.4) is 0 Å². The van der Waals surface area contributed by atoms with Gasteiger partial charge in [-0.25, -0.2) is 4.68 Å². The molecule has 1 amide bonds. The molecule has 0 fully saturated rings. The van der Waals surface area contributed by atoms with E-state index < -0.39 is 6.10 Å². The van der Waals surface area contributed by atoms with E-state index in [1.54, 1.807) is 11.1 Å². The predicted molar refractivity (Wildman–Crippen MR) is 79.7 cm³/mol. The molecule has 2 aromatic rings. The molecule has 0 aliphatic carbocycles. The first-order chi connectivity index (χ1) is 10.2. The zero-order valence-corrected chi connectivity index (χ0v) is 12.3. The van der Waals surface area contributed by atoms with Crippen LogP contribution in [0.1, 0.15) is 32.1 Å². The number of hydrogen-bond donors (Lipinski definition) is 1. The van der Waals surface area contributed by atoms with E-state index >= 15 is 0 Å². The van der Waals surface area contributed by atoms with Crippen molar-refractivity contribution in [3.8, 4) is 0 Å². The third-order valence-electron chi connectivity index (χ3n) is 3.27. The molecule has 1 N–H and O–H groups in total. The molecular weight excluding hydrogens is 268 g/mol. The van der Waals surface area contributed by atoms with Gasteiger partial charge in [-0.15, -0.1) is 5.10 Å². The molecule has 1 unspecified atom stereocenters. The van der Waals surface area contributed by atoms with Crippen LogP contribution in [0.5, 0.6) is 0 Å². The van der Waals surface area contributed by atoms with Crippen molar-refractivity contribution in [2.24, 2.45) is 0 Å². The molecule has 21 heavy (non-hydrogen) atoms. The Hall–Kier alpha value is -2.21. The zero-order chi connectivity index (χ0) is 15.2. The fourth-order valence-electron chi connectivity index (χ4n) is 2.09. The van der Waals surface area contributed by atoms with Crippen molar-refractivity contribution in [2.75, 3.05) is 11.4 Å². The second kappa shape index (κ2) is 6.99. The van der Waals surface area contributed by atoms with Crippen molar-refractivity contribution in [3.05, 3.63) is 42.2 Å². The smallest absolute Gasteiger partial charge is 0.248 e. The number of amides is 1. The lowest BCUT2D eigenvalue weighted by atomic mass is 10.2. The summed E-state index contributed by atoms with van der Waals surface area (Å²) in [6.45, 7) is 4.48. The summed E-state index contributed by atoms with van der Waals surface area (Å²) in [7, 11) is 0. The number of benzene rings is 1. The Labute approximate surface area is 124 Å². The van der Waals surface area contributed by atoms with Gasteiger partial charge in [0.2, 0.25) is 5.91 Å². The number of aliphatic hydroxyl groups excluding tert-OH is 1. The molecule has 1 heterocycles. The summed E-state index contributed by atoms with van der Waals surface area (Å²) >= 11 is 0. The van der Waals surface area contributed by atoms with E-state index in [0.717, 1.165) is 5.69 Å². The second-order valence-electron chi connectivity index (χ2n) is 4.74. The lowest BCUT2D eigenvalue weighted by Gasteiger charge is -2.20. The SMILES string of the molecule is CCC(O)c1cn(CC(=O)N(CC)c2ccccc2)nn1. The van der Waals surface area contributed by atoms with Gasteiger partial charge in [-0.2, -0.15) is 0 Å². The molecule has 0 spiro atoms. The molecule has 0 saturated carbocycles. The maximum atomic E-state index is 12.4. The minimum absolute atomic E-state index is 0.0638. The van der Waals surface area contributed by atoms with Gasteiger partial charge in [0.25, 0.3) is 0 Å². The summed E-state index contributed by atoms with van der Waals surface area (Å²) < 4.78 is 1.46. The minimum Gasteiger partial charge on any atom is -0.387 e. The number of rotatable bonds is 6. The zero-order valence-electron chi connectivity index (χ0n) is 12.3. The topological polar surface area (TPSA) is 71.2 Å². The molecule has 2 rings (SSSR count). The third-order valence-corrected chi connectivity index (χ3v) is 3.27. The van der Waals surface area contributed by atoms with Crippen LogP contribution >= 0.6 is 0 Å². The first-order valence-corrected chi connectivity index (χ1v) is 7.09.